The van der Waals surface area contributed by atoms with Crippen LogP contribution in [0.2, 0.25) is 0 Å². The van der Waals surface area contributed by atoms with E-state index in [-0.39, 0.29) is 0 Å². The van der Waals surface area contributed by atoms with E-state index in [0.717, 1.165) is 25.2 Å². The van der Waals surface area contributed by atoms with Crippen LogP contribution in [0.3, 0.4) is 0 Å². The van der Waals surface area contributed by atoms with Gasteiger partial charge in [-0.2, -0.15) is 0 Å². The normalized spacial score (nSPS) is 11.0. The van der Waals surface area contributed by atoms with Gasteiger partial charge in [0.15, 0.2) is 0 Å². The van der Waals surface area contributed by atoms with Crippen molar-refractivity contribution in [2.24, 2.45) is 0 Å². The second-order valence-corrected chi connectivity index (χ2v) is 5.81. The van der Waals surface area contributed by atoms with Crippen LogP contribution in [0.4, 0.5) is 0 Å². The number of benzene rings is 2. The molecule has 1 nitrogen and oxygen atoms in total. The molecule has 2 rings (SSSR count). The number of hydrogen-bond acceptors (Lipinski definition) is 1. The molecule has 0 amide bonds. The number of hydrogen-bond donors (Lipinski definition) is 0. The molecule has 0 unspecified atom stereocenters. The highest BCUT2D eigenvalue weighted by Gasteiger charge is 1.99. The molecule has 0 saturated carbocycles. The average molecular weight is 284 g/mol. The second kappa shape index (κ2) is 8.71. The SMILES string of the molecule is CCCCCCCCOc1ccc2cc(CC)ccc2c1. The Hall–Kier alpha value is -1.50. The molecule has 2 aromatic carbocycles. The first-order valence-corrected chi connectivity index (χ1v) is 8.49. The van der Waals surface area contributed by atoms with E-state index in [1.807, 2.05) is 0 Å². The summed E-state index contributed by atoms with van der Waals surface area (Å²) in [5, 5.41) is 2.58. The molecule has 114 valence electrons. The molecule has 0 bridgehead atoms. The van der Waals surface area contributed by atoms with E-state index in [2.05, 4.69) is 50.2 Å². The minimum Gasteiger partial charge on any atom is -0.494 e. The van der Waals surface area contributed by atoms with Gasteiger partial charge in [0.05, 0.1) is 6.61 Å². The number of fused-ring (bicyclic) bond motifs is 1. The minimum atomic E-state index is 0.838. The van der Waals surface area contributed by atoms with Crippen molar-refractivity contribution in [2.75, 3.05) is 6.61 Å². The quantitative estimate of drug-likeness (QED) is 0.502. The largest absolute Gasteiger partial charge is 0.494 e. The third kappa shape index (κ3) is 5.08. The maximum absolute atomic E-state index is 5.88. The van der Waals surface area contributed by atoms with Gasteiger partial charge in [0.1, 0.15) is 5.75 Å². The van der Waals surface area contributed by atoms with E-state index >= 15 is 0 Å². The van der Waals surface area contributed by atoms with Crippen molar-refractivity contribution in [3.05, 3.63) is 42.0 Å². The van der Waals surface area contributed by atoms with Gasteiger partial charge in [-0.05, 0) is 41.3 Å². The predicted octanol–water partition coefficient (Wildman–Crippen LogP) is 6.14. The van der Waals surface area contributed by atoms with Gasteiger partial charge in [0.25, 0.3) is 0 Å². The molecule has 0 aromatic heterocycles. The summed E-state index contributed by atoms with van der Waals surface area (Å²) in [6.07, 6.45) is 8.93. The lowest BCUT2D eigenvalue weighted by Crippen LogP contribution is -1.97. The lowest BCUT2D eigenvalue weighted by atomic mass is 10.1. The van der Waals surface area contributed by atoms with Gasteiger partial charge in [-0.3, -0.25) is 0 Å². The van der Waals surface area contributed by atoms with Crippen LogP contribution >= 0.6 is 0 Å². The third-order valence-electron chi connectivity index (χ3n) is 4.05. The Morgan fingerprint density at radius 1 is 0.762 bits per heavy atom. The first-order valence-electron chi connectivity index (χ1n) is 8.49. The molecule has 0 saturated heterocycles. The van der Waals surface area contributed by atoms with Crippen LogP contribution < -0.4 is 4.74 Å². The summed E-state index contributed by atoms with van der Waals surface area (Å²) in [5.74, 6) is 1.00. The summed E-state index contributed by atoms with van der Waals surface area (Å²) in [6.45, 7) is 5.29. The van der Waals surface area contributed by atoms with Crippen molar-refractivity contribution in [2.45, 2.75) is 58.8 Å². The summed E-state index contributed by atoms with van der Waals surface area (Å²) >= 11 is 0. The van der Waals surface area contributed by atoms with E-state index in [9.17, 15) is 0 Å². The Morgan fingerprint density at radius 2 is 1.48 bits per heavy atom. The first-order chi connectivity index (χ1) is 10.3. The van der Waals surface area contributed by atoms with Gasteiger partial charge in [0, 0.05) is 0 Å². The highest BCUT2D eigenvalue weighted by Crippen LogP contribution is 2.22. The molecule has 0 aliphatic heterocycles. The summed E-state index contributed by atoms with van der Waals surface area (Å²) < 4.78 is 5.88. The molecule has 0 N–H and O–H groups in total. The number of aryl methyl sites for hydroxylation is 1. The highest BCUT2D eigenvalue weighted by atomic mass is 16.5. The average Bonchev–Trinajstić information content (AvgIpc) is 2.53. The minimum absolute atomic E-state index is 0.838. The van der Waals surface area contributed by atoms with E-state index in [4.69, 9.17) is 4.74 Å². The number of ether oxygens (including phenoxy) is 1. The van der Waals surface area contributed by atoms with Gasteiger partial charge in [-0.15, -0.1) is 0 Å². The van der Waals surface area contributed by atoms with Crippen molar-refractivity contribution in [3.8, 4) is 5.75 Å². The Balaban J connectivity index is 1.80. The first kappa shape index (κ1) is 15.9. The Kier molecular flexibility index (Phi) is 6.59. The second-order valence-electron chi connectivity index (χ2n) is 5.81. The molecule has 0 aliphatic rings. The molecule has 0 atom stereocenters. The van der Waals surface area contributed by atoms with E-state index in [0.29, 0.717) is 0 Å². The summed E-state index contributed by atoms with van der Waals surface area (Å²) in [6, 6.07) is 13.1. The zero-order chi connectivity index (χ0) is 14.9. The molecular formula is C20H28O. The monoisotopic (exact) mass is 284 g/mol. The van der Waals surface area contributed by atoms with Crippen LogP contribution in [0.5, 0.6) is 5.75 Å². The molecule has 0 fully saturated rings. The van der Waals surface area contributed by atoms with Crippen LogP contribution in [0.1, 0.15) is 57.9 Å². The molecule has 21 heavy (non-hydrogen) atoms. The maximum Gasteiger partial charge on any atom is 0.119 e. The van der Waals surface area contributed by atoms with E-state index in [1.165, 1.54) is 48.4 Å². The molecule has 1 heteroatoms. The summed E-state index contributed by atoms with van der Waals surface area (Å²) in [4.78, 5) is 0. The van der Waals surface area contributed by atoms with Crippen molar-refractivity contribution in [3.63, 3.8) is 0 Å². The predicted molar refractivity (Wildman–Crippen MR) is 92.2 cm³/mol. The van der Waals surface area contributed by atoms with Gasteiger partial charge in [-0.1, -0.05) is 70.2 Å². The van der Waals surface area contributed by atoms with Gasteiger partial charge in [-0.25, -0.2) is 0 Å². The van der Waals surface area contributed by atoms with Crippen molar-refractivity contribution >= 4 is 10.8 Å². The lowest BCUT2D eigenvalue weighted by molar-refractivity contribution is 0.305. The molecular weight excluding hydrogens is 256 g/mol. The van der Waals surface area contributed by atoms with Crippen molar-refractivity contribution in [1.29, 1.82) is 0 Å². The van der Waals surface area contributed by atoms with Gasteiger partial charge < -0.3 is 4.74 Å². The number of unbranched alkanes of at least 4 members (excludes halogenated alkanes) is 5. The maximum atomic E-state index is 5.88. The Bertz CT molecular complexity index is 545. The zero-order valence-electron chi connectivity index (χ0n) is 13.5. The van der Waals surface area contributed by atoms with Crippen LogP contribution in [-0.4, -0.2) is 6.61 Å². The van der Waals surface area contributed by atoms with Crippen LogP contribution in [0.25, 0.3) is 10.8 Å². The number of rotatable bonds is 9. The van der Waals surface area contributed by atoms with Crippen LogP contribution in [0, 0.1) is 0 Å². The molecule has 0 radical (unpaired) electrons. The van der Waals surface area contributed by atoms with Gasteiger partial charge in [0.2, 0.25) is 0 Å². The standard InChI is InChI=1S/C20H28O/c1-3-5-6-7-8-9-14-21-20-13-12-18-15-17(4-2)10-11-19(18)16-20/h10-13,15-16H,3-9,14H2,1-2H3. The third-order valence-corrected chi connectivity index (χ3v) is 4.05. The molecule has 0 spiro atoms. The Labute approximate surface area is 129 Å². The topological polar surface area (TPSA) is 9.23 Å². The summed E-state index contributed by atoms with van der Waals surface area (Å²) in [5.41, 5.74) is 1.39. The van der Waals surface area contributed by atoms with Crippen molar-refractivity contribution in [1.82, 2.24) is 0 Å². The fraction of sp³-hybridized carbons (Fsp3) is 0.500. The highest BCUT2D eigenvalue weighted by molar-refractivity contribution is 5.84. The fourth-order valence-corrected chi connectivity index (χ4v) is 2.66. The lowest BCUT2D eigenvalue weighted by Gasteiger charge is -2.08. The smallest absolute Gasteiger partial charge is 0.119 e. The fourth-order valence-electron chi connectivity index (χ4n) is 2.66. The van der Waals surface area contributed by atoms with Crippen LogP contribution in [-0.2, 0) is 6.42 Å². The van der Waals surface area contributed by atoms with E-state index in [1.54, 1.807) is 0 Å². The molecule has 0 aliphatic carbocycles. The zero-order valence-corrected chi connectivity index (χ0v) is 13.5. The Morgan fingerprint density at radius 3 is 2.29 bits per heavy atom. The summed E-state index contributed by atoms with van der Waals surface area (Å²) in [7, 11) is 0. The van der Waals surface area contributed by atoms with E-state index < -0.39 is 0 Å². The van der Waals surface area contributed by atoms with Crippen LogP contribution in [0.15, 0.2) is 36.4 Å². The van der Waals surface area contributed by atoms with Crippen molar-refractivity contribution < 1.29 is 4.74 Å². The van der Waals surface area contributed by atoms with Gasteiger partial charge >= 0.3 is 0 Å². The molecule has 0 heterocycles. The molecule has 2 aromatic rings.